The van der Waals surface area contributed by atoms with Gasteiger partial charge >= 0.3 is 11.9 Å². The Hall–Kier alpha value is -4.64. The molecule has 0 aromatic heterocycles. The molecule has 0 radical (unpaired) electrons. The number of carbonyl (C=O) groups is 2. The lowest BCUT2D eigenvalue weighted by molar-refractivity contribution is -0.294. The fourth-order valence-corrected chi connectivity index (χ4v) is 5.65. The average molecular weight is 743 g/mol. The number of methoxy groups -OCH3 is 2. The molecule has 20 heteroatoms. The number of hydrogen-bond donors (Lipinski definition) is 10. The molecule has 5 rings (SSSR count). The van der Waals surface area contributed by atoms with Gasteiger partial charge in [0.1, 0.15) is 84.9 Å². The van der Waals surface area contributed by atoms with Gasteiger partial charge in [0.05, 0.1) is 26.4 Å². The minimum atomic E-state index is -1.95. The summed E-state index contributed by atoms with van der Waals surface area (Å²) in [4.78, 5) is 22.7. The molecule has 0 spiro atoms. The highest BCUT2D eigenvalue weighted by Crippen LogP contribution is 2.48. The molecule has 2 aromatic rings. The molecule has 20 nitrogen and oxygen atoms in total. The van der Waals surface area contributed by atoms with Gasteiger partial charge in [-0.25, -0.2) is 0 Å². The van der Waals surface area contributed by atoms with Crippen LogP contribution in [0.25, 0.3) is 6.08 Å². The molecule has 2 saturated heterocycles. The minimum Gasteiger partial charge on any atom is -0.508 e. The van der Waals surface area contributed by atoms with Crippen LogP contribution in [0.5, 0.6) is 34.5 Å². The Bertz CT molecular complexity index is 1620. The van der Waals surface area contributed by atoms with E-state index < -0.39 is 105 Å². The quantitative estimate of drug-likeness (QED) is 0.0801. The number of carboxylic acids is 1. The number of aromatic hydroxyl groups is 2. The van der Waals surface area contributed by atoms with E-state index in [0.29, 0.717) is 0 Å². The molecular formula is C32H38O20. The largest absolute Gasteiger partial charge is 0.508 e. The third kappa shape index (κ3) is 7.89. The summed E-state index contributed by atoms with van der Waals surface area (Å²) in [7, 11) is 2.54. The van der Waals surface area contributed by atoms with Gasteiger partial charge in [-0.1, -0.05) is 0 Å². The van der Waals surface area contributed by atoms with Crippen molar-refractivity contribution in [1.82, 2.24) is 0 Å². The van der Waals surface area contributed by atoms with Crippen LogP contribution in [0, 0.1) is 0 Å². The van der Waals surface area contributed by atoms with Gasteiger partial charge in [-0.3, -0.25) is 9.59 Å². The van der Waals surface area contributed by atoms with Crippen molar-refractivity contribution in [3.63, 3.8) is 0 Å². The summed E-state index contributed by atoms with van der Waals surface area (Å²) in [6.07, 6.45) is -18.5. The summed E-state index contributed by atoms with van der Waals surface area (Å²) in [5.74, 6) is -4.12. The first-order valence-electron chi connectivity index (χ1n) is 15.6. The lowest BCUT2D eigenvalue weighted by atomic mass is 9.98. The molecule has 0 saturated carbocycles. The number of benzene rings is 2. The number of hydrogen-bond acceptors (Lipinski definition) is 19. The van der Waals surface area contributed by atoms with Gasteiger partial charge < -0.3 is 89.0 Å². The Balaban J connectivity index is 1.54. The van der Waals surface area contributed by atoms with E-state index in [1.165, 1.54) is 38.5 Å². The number of ether oxygens (including phenoxy) is 8. The third-order valence-corrected chi connectivity index (χ3v) is 8.40. The molecule has 52 heavy (non-hydrogen) atoms. The van der Waals surface area contributed by atoms with Crippen molar-refractivity contribution in [2.24, 2.45) is 0 Å². The number of phenols is 2. The highest BCUT2D eigenvalue weighted by atomic mass is 16.7. The highest BCUT2D eigenvalue weighted by molar-refractivity contribution is 5.90. The van der Waals surface area contributed by atoms with E-state index in [1.54, 1.807) is 0 Å². The SMILES string of the molecule is COc1cc(C2Oc3cc(O)cc(O[C@@H]4O[C@H](CO)[C@H](O)[C@H](O)[C@H]4O)c3C=C2O[C@@H]2O[C@H](COC(=O)CC(=O)O)[C@H](O)[C@@H](O)[C@H]2O)cc(OC)c1O. The molecule has 286 valence electrons. The zero-order chi connectivity index (χ0) is 38.0. The zero-order valence-corrected chi connectivity index (χ0v) is 27.4. The van der Waals surface area contributed by atoms with E-state index in [0.717, 1.165) is 6.07 Å². The van der Waals surface area contributed by atoms with Crippen molar-refractivity contribution in [2.45, 2.75) is 73.9 Å². The van der Waals surface area contributed by atoms with Crippen LogP contribution < -0.4 is 18.9 Å². The Kier molecular flexibility index (Phi) is 11.8. The van der Waals surface area contributed by atoms with Crippen LogP contribution in [-0.2, 0) is 28.5 Å². The molecular weight excluding hydrogens is 704 g/mol. The fourth-order valence-electron chi connectivity index (χ4n) is 5.65. The van der Waals surface area contributed by atoms with Crippen molar-refractivity contribution in [2.75, 3.05) is 27.4 Å². The number of carbonyl (C=O) groups excluding carboxylic acids is 1. The van der Waals surface area contributed by atoms with Crippen LogP contribution >= 0.6 is 0 Å². The van der Waals surface area contributed by atoms with Crippen LogP contribution in [-0.4, -0.2) is 152 Å². The van der Waals surface area contributed by atoms with Crippen molar-refractivity contribution in [3.8, 4) is 34.5 Å². The smallest absolute Gasteiger partial charge is 0.317 e. The van der Waals surface area contributed by atoms with Gasteiger partial charge in [0.15, 0.2) is 17.6 Å². The van der Waals surface area contributed by atoms with Gasteiger partial charge in [-0.2, -0.15) is 0 Å². The van der Waals surface area contributed by atoms with E-state index in [2.05, 4.69) is 0 Å². The maximum atomic E-state index is 11.8. The average Bonchev–Trinajstić information content (AvgIpc) is 3.11. The third-order valence-electron chi connectivity index (χ3n) is 8.40. The Morgan fingerprint density at radius 2 is 1.33 bits per heavy atom. The minimum absolute atomic E-state index is 0.00347. The number of fused-ring (bicyclic) bond motifs is 1. The van der Waals surface area contributed by atoms with Gasteiger partial charge in [-0.05, 0) is 18.2 Å². The maximum absolute atomic E-state index is 11.8. The molecule has 11 atom stereocenters. The summed E-state index contributed by atoms with van der Waals surface area (Å²) < 4.78 is 44.6. The standard InChI is InChI=1S/C32H38O20/c1-45-16-3-11(4-17(46-2)23(16)38)30-18(50-32-29(44)27(42)25(40)20(52-32)10-47-22(37)8-21(35)36)7-13-14(48-30)5-12(34)6-15(13)49-31-28(43)26(41)24(39)19(9-33)51-31/h3-7,19-20,24-34,38-44H,8-10H2,1-2H3,(H,35,36)/t19-,20-,24+,25+,26+,27-,28-,29-,30?,31-,32-/m1/s1. The molecule has 3 heterocycles. The predicted octanol–water partition coefficient (Wildman–Crippen LogP) is -2.39. The number of carboxylic acid groups (broad SMARTS) is 1. The van der Waals surface area contributed by atoms with Crippen LogP contribution in [0.3, 0.4) is 0 Å². The topological polar surface area (TPSA) is 310 Å². The molecule has 10 N–H and O–H groups in total. The molecule has 2 fully saturated rings. The zero-order valence-electron chi connectivity index (χ0n) is 27.4. The van der Waals surface area contributed by atoms with Crippen molar-refractivity contribution in [1.29, 1.82) is 0 Å². The molecule has 0 aliphatic carbocycles. The van der Waals surface area contributed by atoms with Gasteiger partial charge in [0.25, 0.3) is 0 Å². The second-order valence-electron chi connectivity index (χ2n) is 11.9. The highest BCUT2D eigenvalue weighted by Gasteiger charge is 2.48. The summed E-state index contributed by atoms with van der Waals surface area (Å²) >= 11 is 0. The number of phenolic OH excluding ortho intramolecular Hbond substituents is 2. The fraction of sp³-hybridized carbons (Fsp3) is 0.500. The normalized spacial score (nSPS) is 31.3. The first kappa shape index (κ1) is 38.6. The van der Waals surface area contributed by atoms with Gasteiger partial charge in [0.2, 0.25) is 18.3 Å². The summed E-state index contributed by atoms with van der Waals surface area (Å²) in [6, 6.07) is 4.96. The van der Waals surface area contributed by atoms with E-state index in [-0.39, 0.29) is 45.6 Å². The Morgan fingerprint density at radius 3 is 1.90 bits per heavy atom. The number of aliphatic hydroxyl groups excluding tert-OH is 7. The number of aliphatic carboxylic acids is 1. The van der Waals surface area contributed by atoms with E-state index >= 15 is 0 Å². The van der Waals surface area contributed by atoms with Crippen molar-refractivity contribution >= 4 is 18.0 Å². The van der Waals surface area contributed by atoms with Crippen LogP contribution in [0.1, 0.15) is 23.7 Å². The van der Waals surface area contributed by atoms with Crippen molar-refractivity contribution < 1.29 is 98.5 Å². The number of rotatable bonds is 12. The first-order valence-corrected chi connectivity index (χ1v) is 15.6. The van der Waals surface area contributed by atoms with Crippen LogP contribution in [0.15, 0.2) is 30.0 Å². The van der Waals surface area contributed by atoms with Crippen LogP contribution in [0.4, 0.5) is 0 Å². The molecule has 3 aliphatic heterocycles. The Labute approximate surface area is 293 Å². The second kappa shape index (κ2) is 15.9. The summed E-state index contributed by atoms with van der Waals surface area (Å²) in [6.45, 7) is -1.50. The Morgan fingerprint density at radius 1 is 0.750 bits per heavy atom. The maximum Gasteiger partial charge on any atom is 0.317 e. The van der Waals surface area contributed by atoms with Gasteiger partial charge in [0, 0.05) is 17.7 Å². The predicted molar refractivity (Wildman–Crippen MR) is 166 cm³/mol. The lowest BCUT2D eigenvalue weighted by Gasteiger charge is -2.41. The second-order valence-corrected chi connectivity index (χ2v) is 11.9. The molecule has 0 bridgehead atoms. The lowest BCUT2D eigenvalue weighted by Crippen LogP contribution is -2.60. The number of esters is 1. The molecule has 1 unspecified atom stereocenters. The summed E-state index contributed by atoms with van der Waals surface area (Å²) in [5, 5.41) is 103. The van der Waals surface area contributed by atoms with Crippen LogP contribution in [0.2, 0.25) is 0 Å². The van der Waals surface area contributed by atoms with E-state index in [9.17, 15) is 55.5 Å². The molecule has 0 amide bonds. The number of aliphatic hydroxyl groups is 7. The molecule has 3 aliphatic rings. The first-order chi connectivity index (χ1) is 24.7. The monoisotopic (exact) mass is 742 g/mol. The summed E-state index contributed by atoms with van der Waals surface area (Å²) in [5.41, 5.74) is 0.192. The van der Waals surface area contributed by atoms with Crippen molar-refractivity contribution in [3.05, 3.63) is 41.2 Å². The van der Waals surface area contributed by atoms with Gasteiger partial charge in [-0.15, -0.1) is 0 Å². The molecule has 2 aromatic carbocycles. The van der Waals surface area contributed by atoms with E-state index in [4.69, 9.17) is 43.0 Å². The van der Waals surface area contributed by atoms with E-state index in [1.807, 2.05) is 0 Å².